The maximum Gasteiger partial charge on any atom is 0.310 e. The van der Waals surface area contributed by atoms with Gasteiger partial charge in [0.25, 0.3) is 0 Å². The molecule has 0 amide bonds. The lowest BCUT2D eigenvalue weighted by atomic mass is 9.80. The van der Waals surface area contributed by atoms with Crippen molar-refractivity contribution in [3.8, 4) is 0 Å². The van der Waals surface area contributed by atoms with E-state index in [9.17, 15) is 30.0 Å². The Labute approximate surface area is 281 Å². The van der Waals surface area contributed by atoms with E-state index < -0.39 is 81.3 Å². The Morgan fingerprint density at radius 1 is 0.532 bits per heavy atom. The highest BCUT2D eigenvalue weighted by molar-refractivity contribution is 5.81. The van der Waals surface area contributed by atoms with Crippen molar-refractivity contribution in [2.45, 2.75) is 193 Å². The second-order valence-electron chi connectivity index (χ2n) is 18.3. The molecule has 0 aromatic rings. The molecule has 47 heavy (non-hydrogen) atoms. The van der Waals surface area contributed by atoms with Crippen LogP contribution < -0.4 is 0 Å². The molecule has 3 fully saturated rings. The zero-order valence-electron chi connectivity index (χ0n) is 31.2. The summed E-state index contributed by atoms with van der Waals surface area (Å²) in [7, 11) is 0. The normalized spacial score (nSPS) is 27.8. The fraction of sp³-hybridized carbons (Fsp3) is 0.914. The molecule has 3 N–H and O–H groups in total. The number of ether oxygens (including phenoxy) is 3. The van der Waals surface area contributed by atoms with E-state index in [0.717, 1.165) is 0 Å². The predicted molar refractivity (Wildman–Crippen MR) is 175 cm³/mol. The van der Waals surface area contributed by atoms with E-state index in [1.54, 1.807) is 6.92 Å². The highest BCUT2D eigenvalue weighted by Gasteiger charge is 2.49. The number of nitrogens with zero attached hydrogens (tertiary/aromatic N) is 3. The Morgan fingerprint density at radius 2 is 0.787 bits per heavy atom. The van der Waals surface area contributed by atoms with Crippen LogP contribution in [0.4, 0.5) is 0 Å². The molecule has 3 aliphatic rings. The first-order chi connectivity index (χ1) is 21.1. The van der Waals surface area contributed by atoms with Gasteiger partial charge in [0, 0.05) is 78.2 Å². The summed E-state index contributed by atoms with van der Waals surface area (Å²) in [5.41, 5.74) is -3.76. The van der Waals surface area contributed by atoms with Crippen LogP contribution in [0.25, 0.3) is 0 Å². The van der Waals surface area contributed by atoms with Gasteiger partial charge in [-0.1, -0.05) is 6.92 Å². The van der Waals surface area contributed by atoms with Gasteiger partial charge in [-0.15, -0.1) is 0 Å². The molecular weight excluding hydrogens is 606 g/mol. The van der Waals surface area contributed by atoms with Crippen LogP contribution >= 0.6 is 0 Å². The topological polar surface area (TPSA) is 149 Å². The summed E-state index contributed by atoms with van der Waals surface area (Å²) >= 11 is 0. The van der Waals surface area contributed by atoms with Gasteiger partial charge in [0.05, 0.1) is 12.3 Å². The molecule has 12 heteroatoms. The maximum absolute atomic E-state index is 13.9. The van der Waals surface area contributed by atoms with Crippen LogP contribution in [0.1, 0.15) is 141 Å². The Balaban J connectivity index is 1.77. The van der Waals surface area contributed by atoms with Crippen LogP contribution in [0.5, 0.6) is 0 Å². The Bertz CT molecular complexity index is 1110. The van der Waals surface area contributed by atoms with E-state index in [4.69, 9.17) is 14.2 Å². The minimum Gasteiger partial charge on any atom is -0.462 e. The van der Waals surface area contributed by atoms with E-state index >= 15 is 0 Å². The number of piperidine rings is 3. The highest BCUT2D eigenvalue weighted by Crippen LogP contribution is 2.41. The summed E-state index contributed by atoms with van der Waals surface area (Å²) in [5.74, 6) is -3.22. The van der Waals surface area contributed by atoms with Gasteiger partial charge in [0.1, 0.15) is 18.3 Å². The summed E-state index contributed by atoms with van der Waals surface area (Å²) in [6.45, 7) is 24.4. The molecule has 0 saturated carbocycles. The SMILES string of the molecule is CC(CC(=O)OC1CC(C)(C)N(O)C(C)(C)C1)C(CC(=O)OC1CC(C)(C)N(O)C(C)(C)C1)C(=O)OC1CC(C)(C)N(O)C(C)(C)C1. The average Bonchev–Trinajstić information content (AvgIpc) is 2.86. The number of hydroxylamine groups is 6. The predicted octanol–water partition coefficient (Wildman–Crippen LogP) is 5.88. The van der Waals surface area contributed by atoms with Gasteiger partial charge in [-0.25, -0.2) is 0 Å². The van der Waals surface area contributed by atoms with Gasteiger partial charge in [0.2, 0.25) is 0 Å². The largest absolute Gasteiger partial charge is 0.462 e. The van der Waals surface area contributed by atoms with Crippen molar-refractivity contribution < 1.29 is 44.2 Å². The molecule has 2 atom stereocenters. The number of hydrogen-bond donors (Lipinski definition) is 3. The maximum atomic E-state index is 13.9. The van der Waals surface area contributed by atoms with Crippen molar-refractivity contribution in [2.24, 2.45) is 11.8 Å². The third-order valence-corrected chi connectivity index (χ3v) is 10.5. The fourth-order valence-corrected chi connectivity index (χ4v) is 8.61. The molecule has 0 bridgehead atoms. The zero-order valence-corrected chi connectivity index (χ0v) is 31.2. The van der Waals surface area contributed by atoms with Crippen molar-refractivity contribution in [3.63, 3.8) is 0 Å². The molecule has 0 aromatic heterocycles. The summed E-state index contributed by atoms with van der Waals surface area (Å²) in [6, 6.07) is 0. The molecule has 3 saturated heterocycles. The van der Waals surface area contributed by atoms with E-state index in [1.165, 1.54) is 15.2 Å². The molecule has 3 heterocycles. The van der Waals surface area contributed by atoms with Gasteiger partial charge in [-0.2, -0.15) is 15.2 Å². The van der Waals surface area contributed by atoms with Gasteiger partial charge in [-0.05, 0) is 89.0 Å². The van der Waals surface area contributed by atoms with Crippen LogP contribution in [-0.4, -0.2) is 100 Å². The molecule has 12 nitrogen and oxygen atoms in total. The molecular formula is C35H63N3O9. The lowest BCUT2D eigenvalue weighted by Crippen LogP contribution is -2.61. The standard InChI is InChI=1S/C35H63N3O9/c1-22(14-27(39)45-23-16-30(2,3)36(42)31(4,5)17-23)26(29(41)47-25-20-34(10,11)38(44)35(12,13)21-25)15-28(40)46-24-18-32(6,7)37(43)33(8,9)19-24/h22-26,42-44H,14-21H2,1-13H3. The fourth-order valence-electron chi connectivity index (χ4n) is 8.61. The van der Waals surface area contributed by atoms with Gasteiger partial charge in [-0.3, -0.25) is 14.4 Å². The smallest absolute Gasteiger partial charge is 0.310 e. The average molecular weight is 670 g/mol. The monoisotopic (exact) mass is 669 g/mol. The summed E-state index contributed by atoms with van der Waals surface area (Å²) in [6.07, 6.45) is 0.734. The van der Waals surface area contributed by atoms with Crippen LogP contribution in [0.3, 0.4) is 0 Å². The van der Waals surface area contributed by atoms with Crippen molar-refractivity contribution in [3.05, 3.63) is 0 Å². The molecule has 3 aliphatic heterocycles. The minimum atomic E-state index is -0.973. The second kappa shape index (κ2) is 13.5. The lowest BCUT2D eigenvalue weighted by molar-refractivity contribution is -0.261. The van der Waals surface area contributed by atoms with E-state index in [2.05, 4.69) is 0 Å². The Hall–Kier alpha value is -1.83. The van der Waals surface area contributed by atoms with E-state index in [0.29, 0.717) is 38.5 Å². The van der Waals surface area contributed by atoms with Crippen LogP contribution in [0.2, 0.25) is 0 Å². The van der Waals surface area contributed by atoms with E-state index in [1.807, 2.05) is 83.1 Å². The molecule has 0 aliphatic carbocycles. The number of rotatable bonds is 9. The van der Waals surface area contributed by atoms with Crippen LogP contribution in [0, 0.1) is 11.8 Å². The first kappa shape index (κ1) is 39.6. The number of carbonyl (C=O) groups excluding carboxylic acids is 3. The first-order valence-electron chi connectivity index (χ1n) is 17.2. The molecule has 0 radical (unpaired) electrons. The number of esters is 3. The second-order valence-corrected chi connectivity index (χ2v) is 18.3. The molecule has 272 valence electrons. The third kappa shape index (κ3) is 9.25. The van der Waals surface area contributed by atoms with E-state index in [-0.39, 0.29) is 12.8 Å². The van der Waals surface area contributed by atoms with Crippen molar-refractivity contribution in [1.29, 1.82) is 0 Å². The van der Waals surface area contributed by atoms with Gasteiger partial charge in [0.15, 0.2) is 0 Å². The van der Waals surface area contributed by atoms with Crippen molar-refractivity contribution >= 4 is 17.9 Å². The Morgan fingerprint density at radius 3 is 1.09 bits per heavy atom. The van der Waals surface area contributed by atoms with Crippen LogP contribution in [-0.2, 0) is 28.6 Å². The highest BCUT2D eigenvalue weighted by atomic mass is 16.6. The third-order valence-electron chi connectivity index (χ3n) is 10.5. The van der Waals surface area contributed by atoms with Gasteiger partial charge < -0.3 is 29.8 Å². The quantitative estimate of drug-likeness (QED) is 0.199. The number of hydrogen-bond acceptors (Lipinski definition) is 12. The molecule has 0 spiro atoms. The Kier molecular flexibility index (Phi) is 11.4. The lowest BCUT2D eigenvalue weighted by Gasteiger charge is -2.51. The molecule has 3 rings (SSSR count). The van der Waals surface area contributed by atoms with Crippen molar-refractivity contribution in [1.82, 2.24) is 15.2 Å². The first-order valence-corrected chi connectivity index (χ1v) is 17.2. The van der Waals surface area contributed by atoms with Gasteiger partial charge >= 0.3 is 17.9 Å². The van der Waals surface area contributed by atoms with Crippen LogP contribution in [0.15, 0.2) is 0 Å². The molecule has 0 aromatic carbocycles. The summed E-state index contributed by atoms with van der Waals surface area (Å²) < 4.78 is 17.9. The zero-order chi connectivity index (χ0) is 36.1. The minimum absolute atomic E-state index is 0.109. The number of carbonyl (C=O) groups is 3. The molecule has 2 unspecified atom stereocenters. The summed E-state index contributed by atoms with van der Waals surface area (Å²) in [4.78, 5) is 40.6. The summed E-state index contributed by atoms with van der Waals surface area (Å²) in [5, 5.41) is 36.0. The van der Waals surface area contributed by atoms with Crippen molar-refractivity contribution in [2.75, 3.05) is 0 Å².